The van der Waals surface area contributed by atoms with Crippen LogP contribution in [0.5, 0.6) is 0 Å². The molecule has 0 aliphatic carbocycles. The van der Waals surface area contributed by atoms with Crippen LogP contribution < -0.4 is 5.73 Å². The van der Waals surface area contributed by atoms with Crippen LogP contribution in [0.3, 0.4) is 0 Å². The van der Waals surface area contributed by atoms with Gasteiger partial charge in [-0.1, -0.05) is 23.7 Å². The fraction of sp³-hybridized carbons (Fsp3) is 0.400. The molecule has 72 valence electrons. The minimum atomic E-state index is -0.358. The Morgan fingerprint density at radius 3 is 2.85 bits per heavy atom. The van der Waals surface area contributed by atoms with E-state index in [-0.39, 0.29) is 16.9 Å². The highest BCUT2D eigenvalue weighted by atomic mass is 35.5. The van der Waals surface area contributed by atoms with E-state index in [1.54, 1.807) is 6.07 Å². The molecule has 0 heterocycles. The molecule has 0 saturated carbocycles. The molecule has 3 heteroatoms. The molecule has 1 nitrogen and oxygen atoms in total. The van der Waals surface area contributed by atoms with Gasteiger partial charge in [0.2, 0.25) is 0 Å². The molecule has 0 fully saturated rings. The van der Waals surface area contributed by atoms with Gasteiger partial charge in [-0.2, -0.15) is 0 Å². The highest BCUT2D eigenvalue weighted by Crippen LogP contribution is 2.20. The Bertz CT molecular complexity index is 286. The van der Waals surface area contributed by atoms with E-state index in [1.165, 1.54) is 6.07 Å². The zero-order valence-corrected chi connectivity index (χ0v) is 8.31. The Labute approximate surface area is 82.7 Å². The zero-order valence-electron chi connectivity index (χ0n) is 7.56. The lowest BCUT2D eigenvalue weighted by atomic mass is 10.1. The minimum Gasteiger partial charge on any atom is -0.328 e. The van der Waals surface area contributed by atoms with Crippen molar-refractivity contribution in [3.8, 4) is 0 Å². The number of aryl methyl sites for hydroxylation is 1. The summed E-state index contributed by atoms with van der Waals surface area (Å²) >= 11 is 5.76. The molecule has 1 rings (SSSR count). The van der Waals surface area contributed by atoms with Crippen molar-refractivity contribution in [3.63, 3.8) is 0 Å². The Kier molecular flexibility index (Phi) is 3.70. The summed E-state index contributed by atoms with van der Waals surface area (Å²) in [6, 6.07) is 4.97. The van der Waals surface area contributed by atoms with Crippen molar-refractivity contribution in [2.24, 2.45) is 5.73 Å². The lowest BCUT2D eigenvalue weighted by Crippen LogP contribution is -2.15. The van der Waals surface area contributed by atoms with E-state index in [1.807, 2.05) is 13.0 Å². The van der Waals surface area contributed by atoms with Crippen molar-refractivity contribution in [3.05, 3.63) is 34.6 Å². The molecule has 0 unspecified atom stereocenters. The topological polar surface area (TPSA) is 26.0 Å². The van der Waals surface area contributed by atoms with Crippen LogP contribution in [-0.2, 0) is 6.42 Å². The second kappa shape index (κ2) is 4.58. The van der Waals surface area contributed by atoms with Crippen LogP contribution >= 0.6 is 11.6 Å². The molecule has 0 amide bonds. The fourth-order valence-electron chi connectivity index (χ4n) is 1.12. The first-order valence-electron chi connectivity index (χ1n) is 4.29. The van der Waals surface area contributed by atoms with E-state index in [0.29, 0.717) is 0 Å². The van der Waals surface area contributed by atoms with E-state index >= 15 is 0 Å². The molecular weight excluding hydrogens is 189 g/mol. The third kappa shape index (κ3) is 2.98. The van der Waals surface area contributed by atoms with E-state index in [2.05, 4.69) is 0 Å². The smallest absolute Gasteiger partial charge is 0.142 e. The monoisotopic (exact) mass is 201 g/mol. The maximum absolute atomic E-state index is 12.9. The normalized spacial score (nSPS) is 12.9. The molecule has 0 aliphatic heterocycles. The highest BCUT2D eigenvalue weighted by molar-refractivity contribution is 6.31. The van der Waals surface area contributed by atoms with Crippen LogP contribution in [0.25, 0.3) is 0 Å². The maximum Gasteiger partial charge on any atom is 0.142 e. The van der Waals surface area contributed by atoms with Gasteiger partial charge < -0.3 is 5.73 Å². The predicted octanol–water partition coefficient (Wildman–Crippen LogP) is 2.76. The van der Waals surface area contributed by atoms with Gasteiger partial charge in [0, 0.05) is 6.04 Å². The Balaban J connectivity index is 2.71. The molecule has 0 spiro atoms. The van der Waals surface area contributed by atoms with Crippen LogP contribution in [-0.4, -0.2) is 6.04 Å². The number of rotatable bonds is 3. The summed E-state index contributed by atoms with van der Waals surface area (Å²) in [5, 5.41) is 0.225. The predicted molar refractivity (Wildman–Crippen MR) is 53.4 cm³/mol. The van der Waals surface area contributed by atoms with Gasteiger partial charge in [-0.15, -0.1) is 0 Å². The number of hydrogen-bond acceptors (Lipinski definition) is 1. The summed E-state index contributed by atoms with van der Waals surface area (Å²) in [5.74, 6) is -0.358. The van der Waals surface area contributed by atoms with Crippen LogP contribution in [0.4, 0.5) is 4.39 Å². The molecule has 1 aromatic rings. The Morgan fingerprint density at radius 2 is 2.23 bits per heavy atom. The van der Waals surface area contributed by atoms with Crippen molar-refractivity contribution < 1.29 is 4.39 Å². The largest absolute Gasteiger partial charge is 0.328 e. The number of hydrogen-bond donors (Lipinski definition) is 1. The molecule has 0 aromatic heterocycles. The molecule has 0 saturated heterocycles. The average Bonchev–Trinajstić information content (AvgIpc) is 2.07. The molecule has 0 bridgehead atoms. The van der Waals surface area contributed by atoms with Crippen LogP contribution in [0.1, 0.15) is 18.9 Å². The molecule has 2 N–H and O–H groups in total. The minimum absolute atomic E-state index is 0.124. The van der Waals surface area contributed by atoms with Crippen molar-refractivity contribution in [1.29, 1.82) is 0 Å². The summed E-state index contributed by atoms with van der Waals surface area (Å²) in [7, 11) is 0. The summed E-state index contributed by atoms with van der Waals surface area (Å²) in [4.78, 5) is 0. The summed E-state index contributed by atoms with van der Waals surface area (Å²) in [6.45, 7) is 1.92. The van der Waals surface area contributed by atoms with Gasteiger partial charge in [0.15, 0.2) is 0 Å². The SMILES string of the molecule is C[C@@H](N)CCc1cccc(F)c1Cl. The quantitative estimate of drug-likeness (QED) is 0.800. The summed E-state index contributed by atoms with van der Waals surface area (Å²) < 4.78 is 12.9. The molecule has 13 heavy (non-hydrogen) atoms. The van der Waals surface area contributed by atoms with Crippen LogP contribution in [0, 0.1) is 5.82 Å². The molecule has 0 aliphatic rings. The average molecular weight is 202 g/mol. The lowest BCUT2D eigenvalue weighted by molar-refractivity contribution is 0.620. The standard InChI is InChI=1S/C10H13ClFN/c1-7(13)5-6-8-3-2-4-9(12)10(8)11/h2-4,7H,5-6,13H2,1H3/t7-/m1/s1. The van der Waals surface area contributed by atoms with E-state index in [4.69, 9.17) is 17.3 Å². The molecule has 1 aromatic carbocycles. The second-order valence-electron chi connectivity index (χ2n) is 3.23. The fourth-order valence-corrected chi connectivity index (χ4v) is 1.35. The second-order valence-corrected chi connectivity index (χ2v) is 3.61. The van der Waals surface area contributed by atoms with Crippen LogP contribution in [0.2, 0.25) is 5.02 Å². The maximum atomic E-state index is 12.9. The zero-order chi connectivity index (χ0) is 9.84. The molecule has 0 radical (unpaired) electrons. The third-order valence-corrected chi connectivity index (χ3v) is 2.32. The molecular formula is C10H13ClFN. The Hall–Kier alpha value is -0.600. The van der Waals surface area contributed by atoms with Crippen molar-refractivity contribution in [1.82, 2.24) is 0 Å². The Morgan fingerprint density at radius 1 is 1.54 bits per heavy atom. The van der Waals surface area contributed by atoms with E-state index < -0.39 is 0 Å². The van der Waals surface area contributed by atoms with E-state index in [0.717, 1.165) is 18.4 Å². The lowest BCUT2D eigenvalue weighted by Gasteiger charge is -2.06. The number of nitrogens with two attached hydrogens (primary N) is 1. The first-order valence-corrected chi connectivity index (χ1v) is 4.67. The van der Waals surface area contributed by atoms with E-state index in [9.17, 15) is 4.39 Å². The van der Waals surface area contributed by atoms with Gasteiger partial charge in [0.25, 0.3) is 0 Å². The summed E-state index contributed by atoms with van der Waals surface area (Å²) in [6.07, 6.45) is 1.55. The van der Waals surface area contributed by atoms with Gasteiger partial charge in [-0.05, 0) is 31.4 Å². The highest BCUT2D eigenvalue weighted by Gasteiger charge is 2.05. The van der Waals surface area contributed by atoms with Gasteiger partial charge in [0.1, 0.15) is 5.82 Å². The van der Waals surface area contributed by atoms with Crippen molar-refractivity contribution in [2.45, 2.75) is 25.8 Å². The van der Waals surface area contributed by atoms with Crippen molar-refractivity contribution >= 4 is 11.6 Å². The van der Waals surface area contributed by atoms with Crippen LogP contribution in [0.15, 0.2) is 18.2 Å². The summed E-state index contributed by atoms with van der Waals surface area (Å²) in [5.41, 5.74) is 6.42. The van der Waals surface area contributed by atoms with Gasteiger partial charge >= 0.3 is 0 Å². The first kappa shape index (κ1) is 10.5. The van der Waals surface area contributed by atoms with Crippen molar-refractivity contribution in [2.75, 3.05) is 0 Å². The van der Waals surface area contributed by atoms with Gasteiger partial charge in [0.05, 0.1) is 5.02 Å². The van der Waals surface area contributed by atoms with Gasteiger partial charge in [-0.25, -0.2) is 4.39 Å². The first-order chi connectivity index (χ1) is 6.11. The number of halogens is 2. The third-order valence-electron chi connectivity index (χ3n) is 1.90. The number of benzene rings is 1. The molecule has 1 atom stereocenters. The van der Waals surface area contributed by atoms with Gasteiger partial charge in [-0.3, -0.25) is 0 Å².